The Hall–Kier alpha value is -2.08. The second-order valence-corrected chi connectivity index (χ2v) is 5.73. The molecular weight excluding hydrogens is 312 g/mol. The number of ether oxygens (including phenoxy) is 1. The highest BCUT2D eigenvalue weighted by Crippen LogP contribution is 2.21. The fourth-order valence-corrected chi connectivity index (χ4v) is 2.69. The van der Waals surface area contributed by atoms with Crippen LogP contribution in [0.2, 0.25) is 0 Å². The van der Waals surface area contributed by atoms with Gasteiger partial charge in [-0.15, -0.1) is 0 Å². The minimum atomic E-state index is -0.561. The molecule has 2 rings (SSSR count). The molecule has 0 radical (unpaired) electrons. The van der Waals surface area contributed by atoms with Crippen LogP contribution in [0.4, 0.5) is 0 Å². The summed E-state index contributed by atoms with van der Waals surface area (Å²) in [7, 11) is 1.58. The van der Waals surface area contributed by atoms with Gasteiger partial charge in [-0.1, -0.05) is 18.6 Å². The van der Waals surface area contributed by atoms with Gasteiger partial charge in [-0.05, 0) is 37.8 Å². The number of carbonyl (C=O) groups excluding carboxylic acids is 2. The molecule has 0 amide bonds. The number of ketones is 1. The summed E-state index contributed by atoms with van der Waals surface area (Å²) in [6.45, 7) is 0. The molecule has 0 aromatic carbocycles. The van der Waals surface area contributed by atoms with E-state index in [-0.39, 0.29) is 16.7 Å². The van der Waals surface area contributed by atoms with Gasteiger partial charge in [-0.25, -0.2) is 9.79 Å². The summed E-state index contributed by atoms with van der Waals surface area (Å²) in [5.74, 6) is 0.150. The van der Waals surface area contributed by atoms with Gasteiger partial charge in [0.1, 0.15) is 11.1 Å². The fourth-order valence-electron chi connectivity index (χ4n) is 2.44. The van der Waals surface area contributed by atoms with E-state index in [1.807, 2.05) is 0 Å². The van der Waals surface area contributed by atoms with Crippen LogP contribution in [0.15, 0.2) is 41.1 Å². The molecule has 122 valence electrons. The van der Waals surface area contributed by atoms with Gasteiger partial charge in [0.25, 0.3) is 7.11 Å². The summed E-state index contributed by atoms with van der Waals surface area (Å²) in [4.78, 5) is 16.5. The molecule has 0 heterocycles. The van der Waals surface area contributed by atoms with Crippen LogP contribution in [0.1, 0.15) is 32.1 Å². The van der Waals surface area contributed by atoms with Crippen molar-refractivity contribution in [3.63, 3.8) is 0 Å². The van der Waals surface area contributed by atoms with Crippen molar-refractivity contribution in [1.29, 1.82) is 0 Å². The molecule has 2 aliphatic rings. The van der Waals surface area contributed by atoms with E-state index < -0.39 is 5.97 Å². The van der Waals surface area contributed by atoms with Crippen molar-refractivity contribution < 1.29 is 14.0 Å². The molecule has 1 saturated carbocycles. The van der Waals surface area contributed by atoms with Crippen molar-refractivity contribution >= 4 is 34.7 Å². The molecule has 0 aromatic heterocycles. The van der Waals surface area contributed by atoms with Gasteiger partial charge in [-0.3, -0.25) is 4.42 Å². The highest BCUT2D eigenvalue weighted by atomic mass is 32.1. The molecule has 5 nitrogen and oxygen atoms in total. The third kappa shape index (κ3) is 4.96. The van der Waals surface area contributed by atoms with Crippen molar-refractivity contribution in [2.45, 2.75) is 38.2 Å². The van der Waals surface area contributed by atoms with E-state index >= 15 is 0 Å². The van der Waals surface area contributed by atoms with E-state index in [2.05, 4.69) is 4.99 Å². The average Bonchev–Trinajstić information content (AvgIpc) is 2.57. The first-order valence-electron chi connectivity index (χ1n) is 7.62. The quantitative estimate of drug-likeness (QED) is 0.261. The Labute approximate surface area is 141 Å². The minimum absolute atomic E-state index is 0.0152. The third-order valence-electron chi connectivity index (χ3n) is 3.72. The molecule has 6 heteroatoms. The van der Waals surface area contributed by atoms with Gasteiger partial charge in [0, 0.05) is 12.2 Å². The standard InChI is InChI=1S/C17H20N2O3S/c1-21-13-9-7-12(8-10-13)19-16(23)15(11-18)17(20)22-14-5-3-2-4-6-14/h7-11,14H,2-6H2,1H3,(H-,18,20,23). The number of esters is 1. The topological polar surface area (TPSA) is 73.8 Å². The summed E-state index contributed by atoms with van der Waals surface area (Å²) in [5.41, 5.74) is 8.05. The number of nitrogens with one attached hydrogen (secondary N) is 1. The molecule has 23 heavy (non-hydrogen) atoms. The summed E-state index contributed by atoms with van der Waals surface area (Å²) in [6.07, 6.45) is 12.9. The maximum atomic E-state index is 12.2. The van der Waals surface area contributed by atoms with Gasteiger partial charge in [-0.2, -0.15) is 6.20 Å². The third-order valence-corrected chi connectivity index (χ3v) is 4.03. The predicted octanol–water partition coefficient (Wildman–Crippen LogP) is 3.43. The number of carbonyl (C=O) groups is 1. The molecule has 0 spiro atoms. The van der Waals surface area contributed by atoms with Crippen molar-refractivity contribution in [2.75, 3.05) is 7.11 Å². The number of rotatable bonds is 3. The summed E-state index contributed by atoms with van der Waals surface area (Å²) < 4.78 is 10.5. The molecule has 0 aromatic rings. The molecule has 0 aliphatic heterocycles. The molecule has 2 aliphatic carbocycles. The highest BCUT2D eigenvalue weighted by Gasteiger charge is 2.21. The van der Waals surface area contributed by atoms with E-state index in [0.29, 0.717) is 11.5 Å². The second-order valence-electron chi connectivity index (χ2n) is 5.34. The lowest BCUT2D eigenvalue weighted by molar-refractivity contribution is -0.417. The van der Waals surface area contributed by atoms with Crippen LogP contribution < -0.4 is 0 Å². The van der Waals surface area contributed by atoms with Crippen LogP contribution in [0.5, 0.6) is 0 Å². The minimum Gasteiger partial charge on any atom is -0.704 e. The van der Waals surface area contributed by atoms with Crippen LogP contribution in [0.3, 0.4) is 0 Å². The number of aliphatic imine (C=N–C) groups is 1. The second kappa shape index (κ2) is 8.53. The Bertz CT molecular complexity index is 606. The summed E-state index contributed by atoms with van der Waals surface area (Å²) in [5, 5.41) is 0. The van der Waals surface area contributed by atoms with Gasteiger partial charge in [0.05, 0.1) is 11.3 Å². The molecule has 0 saturated heterocycles. The van der Waals surface area contributed by atoms with E-state index in [1.54, 1.807) is 31.4 Å². The number of thiocarbonyl (C=S) groups is 1. The van der Waals surface area contributed by atoms with E-state index in [4.69, 9.17) is 27.1 Å². The van der Waals surface area contributed by atoms with Crippen LogP contribution >= 0.6 is 12.2 Å². The first kappa shape index (κ1) is 17.3. The highest BCUT2D eigenvalue weighted by molar-refractivity contribution is 7.81. The van der Waals surface area contributed by atoms with Gasteiger partial charge in [0.2, 0.25) is 0 Å². The smallest absolute Gasteiger partial charge is 0.343 e. The van der Waals surface area contributed by atoms with Gasteiger partial charge in [0.15, 0.2) is 0 Å². The number of hydrogen-bond acceptors (Lipinski definition) is 3. The summed E-state index contributed by atoms with van der Waals surface area (Å²) in [6, 6.07) is 0. The van der Waals surface area contributed by atoms with E-state index in [1.165, 1.54) is 6.42 Å². The first-order valence-corrected chi connectivity index (χ1v) is 8.03. The lowest BCUT2D eigenvalue weighted by atomic mass is 9.98. The SMILES string of the molecule is C[O+]=C1C=CC(=NC(=S)C(=C[NH-])C(=O)OC2CCCCC2)C=C1. The largest absolute Gasteiger partial charge is 0.704 e. The Morgan fingerprint density at radius 3 is 2.52 bits per heavy atom. The maximum absolute atomic E-state index is 12.2. The van der Waals surface area contributed by atoms with Crippen molar-refractivity contribution in [2.24, 2.45) is 4.99 Å². The lowest BCUT2D eigenvalue weighted by Gasteiger charge is -2.22. The van der Waals surface area contributed by atoms with E-state index in [9.17, 15) is 4.79 Å². The zero-order valence-electron chi connectivity index (χ0n) is 13.1. The normalized spacial score (nSPS) is 18.7. The lowest BCUT2D eigenvalue weighted by Crippen LogP contribution is -2.24. The van der Waals surface area contributed by atoms with Gasteiger partial charge < -0.3 is 10.5 Å². The first-order chi connectivity index (χ1) is 11.1. The Balaban J connectivity index is 2.01. The van der Waals surface area contributed by atoms with Crippen molar-refractivity contribution in [3.8, 4) is 0 Å². The zero-order valence-corrected chi connectivity index (χ0v) is 13.9. The van der Waals surface area contributed by atoms with Crippen LogP contribution in [-0.4, -0.2) is 35.7 Å². The van der Waals surface area contributed by atoms with Crippen molar-refractivity contribution in [1.82, 2.24) is 0 Å². The van der Waals surface area contributed by atoms with Gasteiger partial charge >= 0.3 is 11.8 Å². The zero-order chi connectivity index (χ0) is 16.7. The predicted molar refractivity (Wildman–Crippen MR) is 94.6 cm³/mol. The molecular formula is C17H20N2O3S. The van der Waals surface area contributed by atoms with Crippen molar-refractivity contribution in [3.05, 3.63) is 41.8 Å². The average molecular weight is 332 g/mol. The van der Waals surface area contributed by atoms with Crippen LogP contribution in [0, 0.1) is 0 Å². The molecule has 1 N–H and O–H groups in total. The molecule has 0 bridgehead atoms. The molecule has 0 atom stereocenters. The van der Waals surface area contributed by atoms with Crippen LogP contribution in [-0.2, 0) is 14.0 Å². The Morgan fingerprint density at radius 2 is 1.96 bits per heavy atom. The number of allylic oxidation sites excluding steroid dienone is 4. The van der Waals surface area contributed by atoms with E-state index in [0.717, 1.165) is 31.9 Å². The monoisotopic (exact) mass is 332 g/mol. The summed E-state index contributed by atoms with van der Waals surface area (Å²) >= 11 is 5.17. The van der Waals surface area contributed by atoms with Crippen LogP contribution in [0.25, 0.3) is 5.73 Å². The fraction of sp³-hybridized carbons (Fsp3) is 0.412. The molecule has 1 fully saturated rings. The Kier molecular flexibility index (Phi) is 6.40. The maximum Gasteiger partial charge on any atom is 0.343 e. The molecule has 0 unspecified atom stereocenters. The number of nitrogens with zero attached hydrogens (tertiary/aromatic N) is 1. The number of hydrogen-bond donors (Lipinski definition) is 0. The Morgan fingerprint density at radius 1 is 1.30 bits per heavy atom.